The second-order valence-corrected chi connectivity index (χ2v) is 15.1. The molecule has 1 aliphatic carbocycles. The van der Waals surface area contributed by atoms with E-state index in [9.17, 15) is 0 Å². The summed E-state index contributed by atoms with van der Waals surface area (Å²) < 4.78 is 6.43. The first-order chi connectivity index (χ1) is 27.8. The predicted molar refractivity (Wildman–Crippen MR) is 236 cm³/mol. The molecular formula is C54H43NO. The maximum Gasteiger partial charge on any atom is 0.137 e. The van der Waals surface area contributed by atoms with Gasteiger partial charge in [-0.1, -0.05) is 165 Å². The molecule has 2 nitrogen and oxygen atoms in total. The second kappa shape index (κ2) is 14.9. The van der Waals surface area contributed by atoms with Crippen molar-refractivity contribution in [3.8, 4) is 44.5 Å². The normalized spacial score (nSPS) is 13.3. The number of hydrogen-bond acceptors (Lipinski definition) is 2. The Kier molecular flexibility index (Phi) is 9.01. The molecule has 9 aromatic rings. The van der Waals surface area contributed by atoms with E-state index in [4.69, 9.17) is 4.42 Å². The summed E-state index contributed by atoms with van der Waals surface area (Å²) in [6.07, 6.45) is 6.68. The average Bonchev–Trinajstić information content (AvgIpc) is 3.66. The van der Waals surface area contributed by atoms with Crippen LogP contribution in [-0.2, 0) is 0 Å². The van der Waals surface area contributed by atoms with Crippen LogP contribution in [0.3, 0.4) is 0 Å². The number of hydrogen-bond donors (Lipinski definition) is 0. The molecule has 0 aliphatic heterocycles. The molecule has 0 N–H and O–H groups in total. The number of para-hydroxylation sites is 1. The zero-order valence-electron chi connectivity index (χ0n) is 31.4. The van der Waals surface area contributed by atoms with Crippen LogP contribution in [0.15, 0.2) is 199 Å². The van der Waals surface area contributed by atoms with Crippen molar-refractivity contribution in [2.24, 2.45) is 0 Å². The number of nitrogens with zero attached hydrogens (tertiary/aromatic N) is 1. The van der Waals surface area contributed by atoms with Crippen molar-refractivity contribution >= 4 is 39.0 Å². The van der Waals surface area contributed by atoms with Crippen molar-refractivity contribution < 1.29 is 4.42 Å². The van der Waals surface area contributed by atoms with E-state index in [2.05, 4.69) is 187 Å². The molecule has 0 unspecified atom stereocenters. The van der Waals surface area contributed by atoms with Crippen LogP contribution in [0.5, 0.6) is 0 Å². The van der Waals surface area contributed by atoms with Crippen molar-refractivity contribution in [1.82, 2.24) is 0 Å². The summed E-state index contributed by atoms with van der Waals surface area (Å²) in [6, 6.07) is 70.4. The fourth-order valence-corrected chi connectivity index (χ4v) is 8.87. The van der Waals surface area contributed by atoms with Gasteiger partial charge in [0, 0.05) is 33.9 Å². The molecular weight excluding hydrogens is 679 g/mol. The molecule has 0 spiro atoms. The topological polar surface area (TPSA) is 16.4 Å². The minimum absolute atomic E-state index is 0.694. The SMILES string of the molecule is c1ccc(-c2cccc(-c3ccccc3)c2-c2ccc(N(c3cccc(-c4ccc(C5CCCCC5)cc4)c3)c3ccc4c(c3)oc3ccccc34)cc2)cc1. The zero-order valence-corrected chi connectivity index (χ0v) is 31.4. The minimum atomic E-state index is 0.694. The zero-order chi connectivity index (χ0) is 37.3. The van der Waals surface area contributed by atoms with Crippen molar-refractivity contribution in [3.63, 3.8) is 0 Å². The van der Waals surface area contributed by atoms with Crippen LogP contribution in [0.1, 0.15) is 43.6 Å². The Morgan fingerprint density at radius 1 is 0.375 bits per heavy atom. The lowest BCUT2D eigenvalue weighted by molar-refractivity contribution is 0.443. The number of furan rings is 1. The Morgan fingerprint density at radius 2 is 0.946 bits per heavy atom. The molecule has 270 valence electrons. The van der Waals surface area contributed by atoms with Gasteiger partial charge in [-0.15, -0.1) is 0 Å². The molecule has 8 aromatic carbocycles. The van der Waals surface area contributed by atoms with E-state index in [0.29, 0.717) is 5.92 Å². The molecule has 1 fully saturated rings. The Morgan fingerprint density at radius 3 is 1.66 bits per heavy atom. The van der Waals surface area contributed by atoms with Gasteiger partial charge in [0.25, 0.3) is 0 Å². The van der Waals surface area contributed by atoms with E-state index >= 15 is 0 Å². The van der Waals surface area contributed by atoms with Gasteiger partial charge in [0.2, 0.25) is 0 Å². The smallest absolute Gasteiger partial charge is 0.137 e. The lowest BCUT2D eigenvalue weighted by atomic mass is 9.84. The summed E-state index contributed by atoms with van der Waals surface area (Å²) >= 11 is 0. The molecule has 1 heterocycles. The van der Waals surface area contributed by atoms with Crippen LogP contribution in [0.4, 0.5) is 17.1 Å². The van der Waals surface area contributed by atoms with Crippen LogP contribution in [0, 0.1) is 0 Å². The molecule has 10 rings (SSSR count). The summed E-state index contributed by atoms with van der Waals surface area (Å²) in [5, 5.41) is 2.26. The highest BCUT2D eigenvalue weighted by Gasteiger charge is 2.19. The average molecular weight is 722 g/mol. The van der Waals surface area contributed by atoms with Gasteiger partial charge in [0.05, 0.1) is 0 Å². The monoisotopic (exact) mass is 721 g/mol. The number of benzene rings is 8. The molecule has 0 saturated heterocycles. The van der Waals surface area contributed by atoms with E-state index in [1.807, 2.05) is 12.1 Å². The first kappa shape index (κ1) is 33.9. The molecule has 0 bridgehead atoms. The largest absolute Gasteiger partial charge is 0.456 e. The quantitative estimate of drug-likeness (QED) is 0.155. The Balaban J connectivity index is 1.09. The molecule has 1 aromatic heterocycles. The van der Waals surface area contributed by atoms with Gasteiger partial charge >= 0.3 is 0 Å². The van der Waals surface area contributed by atoms with Crippen LogP contribution in [0.25, 0.3) is 66.4 Å². The molecule has 2 heteroatoms. The van der Waals surface area contributed by atoms with E-state index < -0.39 is 0 Å². The molecule has 56 heavy (non-hydrogen) atoms. The fraction of sp³-hybridized carbons (Fsp3) is 0.111. The number of fused-ring (bicyclic) bond motifs is 3. The van der Waals surface area contributed by atoms with Crippen molar-refractivity contribution in [2.45, 2.75) is 38.0 Å². The van der Waals surface area contributed by atoms with Gasteiger partial charge in [0.15, 0.2) is 0 Å². The van der Waals surface area contributed by atoms with Crippen LogP contribution < -0.4 is 4.90 Å². The first-order valence-corrected chi connectivity index (χ1v) is 20.0. The third kappa shape index (κ3) is 6.48. The lowest BCUT2D eigenvalue weighted by Crippen LogP contribution is -2.10. The summed E-state index contributed by atoms with van der Waals surface area (Å²) in [5.41, 5.74) is 16.2. The van der Waals surface area contributed by atoms with Gasteiger partial charge in [-0.25, -0.2) is 0 Å². The van der Waals surface area contributed by atoms with Crippen LogP contribution >= 0.6 is 0 Å². The first-order valence-electron chi connectivity index (χ1n) is 20.0. The number of rotatable bonds is 8. The van der Waals surface area contributed by atoms with Crippen LogP contribution in [-0.4, -0.2) is 0 Å². The Labute approximate surface area is 329 Å². The van der Waals surface area contributed by atoms with Crippen molar-refractivity contribution in [2.75, 3.05) is 4.90 Å². The van der Waals surface area contributed by atoms with Crippen molar-refractivity contribution in [3.05, 3.63) is 200 Å². The molecule has 0 atom stereocenters. The fourth-order valence-electron chi connectivity index (χ4n) is 8.87. The van der Waals surface area contributed by atoms with E-state index in [1.54, 1.807) is 0 Å². The Hall–Kier alpha value is -6.64. The maximum absolute atomic E-state index is 6.43. The second-order valence-electron chi connectivity index (χ2n) is 15.1. The van der Waals surface area contributed by atoms with Gasteiger partial charge in [-0.2, -0.15) is 0 Å². The molecule has 1 aliphatic rings. The maximum atomic E-state index is 6.43. The van der Waals surface area contributed by atoms with Gasteiger partial charge in [-0.3, -0.25) is 0 Å². The van der Waals surface area contributed by atoms with E-state index in [0.717, 1.165) is 39.0 Å². The van der Waals surface area contributed by atoms with Gasteiger partial charge in [-0.05, 0) is 111 Å². The van der Waals surface area contributed by atoms with Gasteiger partial charge in [0.1, 0.15) is 11.2 Å². The lowest BCUT2D eigenvalue weighted by Gasteiger charge is -2.26. The van der Waals surface area contributed by atoms with E-state index in [-0.39, 0.29) is 0 Å². The third-order valence-electron chi connectivity index (χ3n) is 11.7. The highest BCUT2D eigenvalue weighted by atomic mass is 16.3. The third-order valence-corrected chi connectivity index (χ3v) is 11.7. The standard InChI is InChI=1S/C54H43NO/c1-4-14-38(15-5-1)39-26-28-40(29-27-39)44-20-12-21-46(36-44)55(47-34-35-51-50-22-10-11-25-52(50)56-53(51)37-47)45-32-30-43(31-33-45)54-48(41-16-6-2-7-17-41)23-13-24-49(54)42-18-8-3-9-19-42/h2-3,6-13,16-38H,1,4-5,14-15H2. The Bertz CT molecular complexity index is 2700. The summed E-state index contributed by atoms with van der Waals surface area (Å²) in [4.78, 5) is 2.36. The summed E-state index contributed by atoms with van der Waals surface area (Å²) in [5.74, 6) is 0.694. The molecule has 0 amide bonds. The summed E-state index contributed by atoms with van der Waals surface area (Å²) in [6.45, 7) is 0. The van der Waals surface area contributed by atoms with Gasteiger partial charge < -0.3 is 9.32 Å². The highest BCUT2D eigenvalue weighted by molar-refractivity contribution is 6.06. The van der Waals surface area contributed by atoms with Crippen LogP contribution in [0.2, 0.25) is 0 Å². The number of anilines is 3. The molecule has 1 saturated carbocycles. The minimum Gasteiger partial charge on any atom is -0.456 e. The molecule has 0 radical (unpaired) electrons. The van der Waals surface area contributed by atoms with Crippen molar-refractivity contribution in [1.29, 1.82) is 0 Å². The predicted octanol–water partition coefficient (Wildman–Crippen LogP) is 15.8. The van der Waals surface area contributed by atoms with E-state index in [1.165, 1.54) is 82.2 Å². The summed E-state index contributed by atoms with van der Waals surface area (Å²) in [7, 11) is 0. The highest BCUT2D eigenvalue weighted by Crippen LogP contribution is 2.44.